The number of ether oxygens (including phenoxy) is 1. The van der Waals surface area contributed by atoms with Crippen LogP contribution in [0.4, 0.5) is 0 Å². The van der Waals surface area contributed by atoms with E-state index >= 15 is 0 Å². The Morgan fingerprint density at radius 1 is 1.15 bits per heavy atom. The van der Waals surface area contributed by atoms with Gasteiger partial charge in [-0.3, -0.25) is 9.59 Å². The van der Waals surface area contributed by atoms with Crippen LogP contribution in [0.1, 0.15) is 36.1 Å². The molecule has 1 aliphatic heterocycles. The minimum atomic E-state index is -0.668. The van der Waals surface area contributed by atoms with Crippen LogP contribution in [0.2, 0.25) is 0 Å². The number of benzene rings is 2. The van der Waals surface area contributed by atoms with E-state index in [1.165, 1.54) is 12.0 Å². The van der Waals surface area contributed by atoms with Crippen molar-refractivity contribution in [1.82, 2.24) is 4.90 Å². The first-order chi connectivity index (χ1) is 13.0. The van der Waals surface area contributed by atoms with Gasteiger partial charge in [-0.2, -0.15) is 0 Å². The fraction of sp³-hybridized carbons (Fsp3) is 0.273. The van der Waals surface area contributed by atoms with E-state index in [9.17, 15) is 14.7 Å². The molecule has 5 nitrogen and oxygen atoms in total. The molecule has 0 spiro atoms. The topological polar surface area (TPSA) is 66.8 Å². The Kier molecular flexibility index (Phi) is 5.31. The van der Waals surface area contributed by atoms with Crippen LogP contribution in [-0.4, -0.2) is 35.4 Å². The number of amides is 1. The van der Waals surface area contributed by atoms with Crippen molar-refractivity contribution in [2.45, 2.75) is 26.3 Å². The predicted octanol–water partition coefficient (Wildman–Crippen LogP) is 3.84. The van der Waals surface area contributed by atoms with Crippen molar-refractivity contribution in [2.75, 3.05) is 13.7 Å². The van der Waals surface area contributed by atoms with Crippen molar-refractivity contribution in [2.24, 2.45) is 0 Å². The minimum absolute atomic E-state index is 0.101. The van der Waals surface area contributed by atoms with Gasteiger partial charge in [-0.15, -0.1) is 0 Å². The molecule has 1 fully saturated rings. The van der Waals surface area contributed by atoms with Crippen LogP contribution in [0.15, 0.2) is 54.1 Å². The van der Waals surface area contributed by atoms with Gasteiger partial charge in [0.25, 0.3) is 11.7 Å². The number of aryl methyl sites for hydroxylation is 1. The van der Waals surface area contributed by atoms with E-state index in [1.807, 2.05) is 50.2 Å². The van der Waals surface area contributed by atoms with Gasteiger partial charge in [-0.05, 0) is 31.0 Å². The predicted molar refractivity (Wildman–Crippen MR) is 103 cm³/mol. The van der Waals surface area contributed by atoms with Crippen molar-refractivity contribution >= 4 is 17.4 Å². The number of Topliss-reactive ketones (excluding diaryl/α,β-unsaturated/α-hetero) is 1. The van der Waals surface area contributed by atoms with E-state index in [0.29, 0.717) is 24.3 Å². The zero-order valence-electron chi connectivity index (χ0n) is 15.7. The smallest absolute Gasteiger partial charge is 0.295 e. The highest BCUT2D eigenvalue weighted by atomic mass is 16.5. The Hall–Kier alpha value is -3.08. The Bertz CT molecular complexity index is 902. The van der Waals surface area contributed by atoms with Gasteiger partial charge < -0.3 is 14.7 Å². The van der Waals surface area contributed by atoms with Gasteiger partial charge >= 0.3 is 0 Å². The Morgan fingerprint density at radius 2 is 1.85 bits per heavy atom. The number of carbonyl (C=O) groups is 2. The fourth-order valence-corrected chi connectivity index (χ4v) is 3.49. The van der Waals surface area contributed by atoms with Crippen LogP contribution < -0.4 is 4.74 Å². The molecule has 5 heteroatoms. The fourth-order valence-electron chi connectivity index (χ4n) is 3.49. The summed E-state index contributed by atoms with van der Waals surface area (Å²) in [6.07, 6.45) is 0.712. The number of aliphatic hydroxyl groups excluding tert-OH is 1. The number of hydrogen-bond acceptors (Lipinski definition) is 4. The molecular formula is C22H23NO4. The molecule has 27 heavy (non-hydrogen) atoms. The van der Waals surface area contributed by atoms with Crippen molar-refractivity contribution in [3.05, 3.63) is 70.8 Å². The summed E-state index contributed by atoms with van der Waals surface area (Å²) in [4.78, 5) is 27.0. The van der Waals surface area contributed by atoms with Crippen LogP contribution in [0.5, 0.6) is 5.75 Å². The molecule has 0 radical (unpaired) electrons. The minimum Gasteiger partial charge on any atom is -0.507 e. The summed E-state index contributed by atoms with van der Waals surface area (Å²) in [6, 6.07) is 14.0. The monoisotopic (exact) mass is 365 g/mol. The summed E-state index contributed by atoms with van der Waals surface area (Å²) in [5.74, 6) is -1.01. The molecule has 1 heterocycles. The third-order valence-corrected chi connectivity index (χ3v) is 4.73. The summed E-state index contributed by atoms with van der Waals surface area (Å²) in [7, 11) is 1.51. The maximum absolute atomic E-state index is 12.8. The molecule has 0 aliphatic carbocycles. The SMILES string of the molecule is CCCN1C(=O)C(=O)/C(=C(/O)c2cc(C)ccc2OC)C1c1ccccc1. The molecule has 1 aliphatic rings. The third-order valence-electron chi connectivity index (χ3n) is 4.73. The second kappa shape index (κ2) is 7.66. The summed E-state index contributed by atoms with van der Waals surface area (Å²) in [5, 5.41) is 11.1. The number of nitrogens with zero attached hydrogens (tertiary/aromatic N) is 1. The number of ketones is 1. The van der Waals surface area contributed by atoms with Crippen LogP contribution >= 0.6 is 0 Å². The Balaban J connectivity index is 2.24. The summed E-state index contributed by atoms with van der Waals surface area (Å²) in [6.45, 7) is 4.28. The van der Waals surface area contributed by atoms with Gasteiger partial charge in [0, 0.05) is 6.54 Å². The lowest BCUT2D eigenvalue weighted by Gasteiger charge is -2.25. The van der Waals surface area contributed by atoms with Crippen molar-refractivity contribution < 1.29 is 19.4 Å². The highest BCUT2D eigenvalue weighted by molar-refractivity contribution is 6.46. The zero-order chi connectivity index (χ0) is 19.6. The van der Waals surface area contributed by atoms with Gasteiger partial charge in [-0.25, -0.2) is 0 Å². The molecule has 1 unspecified atom stereocenters. The molecule has 1 saturated heterocycles. The normalized spacial score (nSPS) is 18.8. The van der Waals surface area contributed by atoms with Crippen molar-refractivity contribution in [3.8, 4) is 5.75 Å². The molecule has 140 valence electrons. The maximum atomic E-state index is 12.8. The number of aliphatic hydroxyl groups is 1. The van der Waals surface area contributed by atoms with Crippen LogP contribution in [-0.2, 0) is 9.59 Å². The van der Waals surface area contributed by atoms with Crippen LogP contribution in [0.25, 0.3) is 5.76 Å². The van der Waals surface area contributed by atoms with Crippen LogP contribution in [0.3, 0.4) is 0 Å². The summed E-state index contributed by atoms with van der Waals surface area (Å²) >= 11 is 0. The lowest BCUT2D eigenvalue weighted by Crippen LogP contribution is -2.30. The van der Waals surface area contributed by atoms with E-state index in [1.54, 1.807) is 12.1 Å². The molecule has 1 amide bonds. The summed E-state index contributed by atoms with van der Waals surface area (Å²) < 4.78 is 5.35. The number of likely N-dealkylation sites (tertiary alicyclic amines) is 1. The highest BCUT2D eigenvalue weighted by Gasteiger charge is 2.45. The van der Waals surface area contributed by atoms with Crippen molar-refractivity contribution in [1.29, 1.82) is 0 Å². The summed E-state index contributed by atoms with van der Waals surface area (Å²) in [5.41, 5.74) is 2.21. The van der Waals surface area contributed by atoms with E-state index in [2.05, 4.69) is 0 Å². The third kappa shape index (κ3) is 3.33. The van der Waals surface area contributed by atoms with E-state index in [4.69, 9.17) is 4.74 Å². The average Bonchev–Trinajstić information content (AvgIpc) is 2.93. The molecule has 0 bridgehead atoms. The molecule has 0 aromatic heterocycles. The largest absolute Gasteiger partial charge is 0.507 e. The van der Waals surface area contributed by atoms with Gasteiger partial charge in [-0.1, -0.05) is 48.9 Å². The lowest BCUT2D eigenvalue weighted by atomic mass is 9.94. The van der Waals surface area contributed by atoms with Gasteiger partial charge in [0.15, 0.2) is 0 Å². The Morgan fingerprint density at radius 3 is 2.48 bits per heavy atom. The van der Waals surface area contributed by atoms with Crippen molar-refractivity contribution in [3.63, 3.8) is 0 Å². The molecule has 3 rings (SSSR count). The number of methoxy groups -OCH3 is 1. The molecule has 2 aromatic rings. The first-order valence-corrected chi connectivity index (χ1v) is 8.98. The van der Waals surface area contributed by atoms with Gasteiger partial charge in [0.1, 0.15) is 11.5 Å². The van der Waals surface area contributed by atoms with Crippen LogP contribution in [0, 0.1) is 6.92 Å². The van der Waals surface area contributed by atoms with E-state index in [-0.39, 0.29) is 11.3 Å². The first-order valence-electron chi connectivity index (χ1n) is 8.98. The standard InChI is InChI=1S/C22H23NO4/c1-4-12-23-19(15-8-6-5-7-9-15)18(21(25)22(23)26)20(24)16-13-14(2)10-11-17(16)27-3/h5-11,13,19,24H,4,12H2,1-3H3/b20-18+. The average molecular weight is 365 g/mol. The first kappa shape index (κ1) is 18.7. The lowest BCUT2D eigenvalue weighted by molar-refractivity contribution is -0.139. The molecule has 1 atom stereocenters. The molecule has 1 N–H and O–H groups in total. The second-order valence-corrected chi connectivity index (χ2v) is 6.61. The van der Waals surface area contributed by atoms with E-state index in [0.717, 1.165) is 11.1 Å². The number of rotatable bonds is 5. The Labute approximate surface area is 158 Å². The van der Waals surface area contributed by atoms with Gasteiger partial charge in [0.2, 0.25) is 0 Å². The van der Waals surface area contributed by atoms with Gasteiger partial charge in [0.05, 0.1) is 24.3 Å². The number of carbonyl (C=O) groups excluding carboxylic acids is 2. The second-order valence-electron chi connectivity index (χ2n) is 6.61. The van der Waals surface area contributed by atoms with E-state index < -0.39 is 17.7 Å². The molecular weight excluding hydrogens is 342 g/mol. The highest BCUT2D eigenvalue weighted by Crippen LogP contribution is 2.40. The quantitative estimate of drug-likeness (QED) is 0.497. The maximum Gasteiger partial charge on any atom is 0.295 e. The molecule has 0 saturated carbocycles. The molecule has 2 aromatic carbocycles. The zero-order valence-corrected chi connectivity index (χ0v) is 15.7. The number of hydrogen-bond donors (Lipinski definition) is 1.